The predicted molar refractivity (Wildman–Crippen MR) is 109 cm³/mol. The van der Waals surface area contributed by atoms with Crippen molar-refractivity contribution in [1.82, 2.24) is 5.32 Å². The number of ether oxygens (including phenoxy) is 1. The number of nitrogens with one attached hydrogen (secondary N) is 2. The normalized spacial score (nSPS) is 13.5. The van der Waals surface area contributed by atoms with Gasteiger partial charge in [0.2, 0.25) is 5.91 Å². The zero-order chi connectivity index (χ0) is 20.3. The minimum absolute atomic E-state index is 0.193. The van der Waals surface area contributed by atoms with E-state index in [1.807, 2.05) is 38.1 Å². The smallest absolute Gasteiger partial charge is 0.349 e. The molecule has 7 heteroatoms. The van der Waals surface area contributed by atoms with Gasteiger partial charge in [0.05, 0.1) is 6.54 Å². The number of anilines is 1. The fourth-order valence-corrected chi connectivity index (χ4v) is 4.34. The van der Waals surface area contributed by atoms with E-state index in [2.05, 4.69) is 10.6 Å². The lowest BCUT2D eigenvalue weighted by molar-refractivity contribution is -0.130. The molecule has 1 atom stereocenters. The van der Waals surface area contributed by atoms with E-state index in [1.165, 1.54) is 28.7 Å². The Hall–Kier alpha value is -2.67. The highest BCUT2D eigenvalue weighted by atomic mass is 32.1. The van der Waals surface area contributed by atoms with E-state index < -0.39 is 18.0 Å². The van der Waals surface area contributed by atoms with Crippen LogP contribution in [-0.4, -0.2) is 30.4 Å². The number of aryl methyl sites for hydroxylation is 4. The van der Waals surface area contributed by atoms with E-state index in [0.717, 1.165) is 36.1 Å². The molecular formula is C21H24N2O4S. The van der Waals surface area contributed by atoms with Gasteiger partial charge in [-0.2, -0.15) is 0 Å². The molecule has 28 heavy (non-hydrogen) atoms. The zero-order valence-corrected chi connectivity index (χ0v) is 17.1. The average molecular weight is 401 g/mol. The molecule has 6 nitrogen and oxygen atoms in total. The maximum atomic E-state index is 12.2. The highest BCUT2D eigenvalue weighted by Crippen LogP contribution is 2.31. The molecule has 0 saturated heterocycles. The van der Waals surface area contributed by atoms with E-state index in [9.17, 15) is 14.4 Å². The summed E-state index contributed by atoms with van der Waals surface area (Å²) in [6, 6.07) is 7.59. The first-order valence-corrected chi connectivity index (χ1v) is 10.1. The number of carbonyl (C=O) groups is 3. The molecule has 2 amide bonds. The summed E-state index contributed by atoms with van der Waals surface area (Å²) in [5.74, 6) is -1.34. The van der Waals surface area contributed by atoms with Crippen LogP contribution >= 0.6 is 11.3 Å². The summed E-state index contributed by atoms with van der Waals surface area (Å²) in [4.78, 5) is 38.3. The maximum absolute atomic E-state index is 12.2. The molecule has 0 spiro atoms. The van der Waals surface area contributed by atoms with Gasteiger partial charge in [0.25, 0.3) is 5.91 Å². The first-order valence-electron chi connectivity index (χ1n) is 9.31. The molecular weight excluding hydrogens is 376 g/mol. The SMILES string of the molecule is Cc1cccc(C)c1NC(=O)CNC(=O)C(C)OC(=O)c1cc2c(s1)CCC2. The number of amides is 2. The van der Waals surface area contributed by atoms with Crippen molar-refractivity contribution in [3.63, 3.8) is 0 Å². The molecule has 0 aliphatic heterocycles. The maximum Gasteiger partial charge on any atom is 0.349 e. The van der Waals surface area contributed by atoms with Gasteiger partial charge in [0.15, 0.2) is 6.10 Å². The van der Waals surface area contributed by atoms with Crippen molar-refractivity contribution in [2.24, 2.45) is 0 Å². The second-order valence-corrected chi connectivity index (χ2v) is 8.13. The van der Waals surface area contributed by atoms with Crippen molar-refractivity contribution in [3.05, 3.63) is 50.7 Å². The summed E-state index contributed by atoms with van der Waals surface area (Å²) in [6.07, 6.45) is 2.14. The fourth-order valence-electron chi connectivity index (χ4n) is 3.21. The highest BCUT2D eigenvalue weighted by Gasteiger charge is 2.23. The standard InChI is InChI=1S/C21H24N2O4S/c1-12-6-4-7-13(2)19(12)23-18(24)11-22-20(25)14(3)27-21(26)17-10-15-8-5-9-16(15)28-17/h4,6-7,10,14H,5,8-9,11H2,1-3H3,(H,22,25)(H,23,24). The number of hydrogen-bond acceptors (Lipinski definition) is 5. The Balaban J connectivity index is 1.48. The largest absolute Gasteiger partial charge is 0.448 e. The van der Waals surface area contributed by atoms with E-state index in [-0.39, 0.29) is 12.5 Å². The molecule has 1 heterocycles. The van der Waals surface area contributed by atoms with Crippen LogP contribution in [0.4, 0.5) is 5.69 Å². The van der Waals surface area contributed by atoms with Crippen LogP contribution < -0.4 is 10.6 Å². The first kappa shape index (κ1) is 20.1. The number of rotatable bonds is 6. The molecule has 1 aromatic heterocycles. The van der Waals surface area contributed by atoms with Crippen LogP contribution in [0.1, 0.15) is 44.6 Å². The molecule has 1 aliphatic carbocycles. The second kappa shape index (κ2) is 8.56. The van der Waals surface area contributed by atoms with Gasteiger partial charge in [-0.15, -0.1) is 11.3 Å². The number of carbonyl (C=O) groups excluding carboxylic acids is 3. The summed E-state index contributed by atoms with van der Waals surface area (Å²) in [7, 11) is 0. The molecule has 2 N–H and O–H groups in total. The molecule has 0 saturated carbocycles. The summed E-state index contributed by atoms with van der Waals surface area (Å²) in [5.41, 5.74) is 3.85. The molecule has 1 unspecified atom stereocenters. The number of thiophene rings is 1. The number of para-hydroxylation sites is 1. The van der Waals surface area contributed by atoms with Crippen LogP contribution in [0.3, 0.4) is 0 Å². The minimum Gasteiger partial charge on any atom is -0.448 e. The van der Waals surface area contributed by atoms with Gasteiger partial charge >= 0.3 is 5.97 Å². The van der Waals surface area contributed by atoms with Crippen LogP contribution in [0, 0.1) is 13.8 Å². The van der Waals surface area contributed by atoms with Gasteiger partial charge in [-0.1, -0.05) is 18.2 Å². The minimum atomic E-state index is -0.975. The third-order valence-electron chi connectivity index (χ3n) is 4.77. The Morgan fingerprint density at radius 3 is 2.57 bits per heavy atom. The monoisotopic (exact) mass is 400 g/mol. The first-order chi connectivity index (χ1) is 13.3. The Morgan fingerprint density at radius 1 is 1.18 bits per heavy atom. The van der Waals surface area contributed by atoms with E-state index in [4.69, 9.17) is 4.74 Å². The van der Waals surface area contributed by atoms with Crippen molar-refractivity contribution in [1.29, 1.82) is 0 Å². The van der Waals surface area contributed by atoms with Gasteiger partial charge in [0, 0.05) is 10.6 Å². The number of esters is 1. The molecule has 0 bridgehead atoms. The number of fused-ring (bicyclic) bond motifs is 1. The third-order valence-corrected chi connectivity index (χ3v) is 5.99. The lowest BCUT2D eigenvalue weighted by Gasteiger charge is -2.14. The van der Waals surface area contributed by atoms with Gasteiger partial charge < -0.3 is 15.4 Å². The molecule has 3 rings (SSSR count). The second-order valence-electron chi connectivity index (χ2n) is 6.99. The van der Waals surface area contributed by atoms with Crippen LogP contribution in [0.5, 0.6) is 0 Å². The summed E-state index contributed by atoms with van der Waals surface area (Å²) in [6.45, 7) is 5.12. The van der Waals surface area contributed by atoms with Gasteiger partial charge in [-0.25, -0.2) is 4.79 Å². The predicted octanol–water partition coefficient (Wildman–Crippen LogP) is 3.15. The van der Waals surface area contributed by atoms with E-state index in [1.54, 1.807) is 0 Å². The lowest BCUT2D eigenvalue weighted by atomic mass is 10.1. The van der Waals surface area contributed by atoms with Gasteiger partial charge in [-0.05, 0) is 62.8 Å². The zero-order valence-electron chi connectivity index (χ0n) is 16.3. The summed E-state index contributed by atoms with van der Waals surface area (Å²) < 4.78 is 5.25. The fraction of sp³-hybridized carbons (Fsp3) is 0.381. The van der Waals surface area contributed by atoms with Crippen molar-refractivity contribution < 1.29 is 19.1 Å². The van der Waals surface area contributed by atoms with Crippen molar-refractivity contribution in [2.75, 3.05) is 11.9 Å². The Kier molecular flexibility index (Phi) is 6.14. The number of hydrogen-bond donors (Lipinski definition) is 2. The quantitative estimate of drug-likeness (QED) is 0.730. The Bertz CT molecular complexity index is 877. The van der Waals surface area contributed by atoms with Crippen LogP contribution in [-0.2, 0) is 27.2 Å². The molecule has 0 fully saturated rings. The van der Waals surface area contributed by atoms with Gasteiger partial charge in [-0.3, -0.25) is 9.59 Å². The van der Waals surface area contributed by atoms with Gasteiger partial charge in [0.1, 0.15) is 4.88 Å². The van der Waals surface area contributed by atoms with Crippen molar-refractivity contribution in [2.45, 2.75) is 46.1 Å². The van der Waals surface area contributed by atoms with Crippen molar-refractivity contribution >= 4 is 34.8 Å². The molecule has 1 aromatic carbocycles. The van der Waals surface area contributed by atoms with Crippen LogP contribution in [0.2, 0.25) is 0 Å². The average Bonchev–Trinajstić information content (AvgIpc) is 3.25. The number of benzene rings is 1. The molecule has 1 aliphatic rings. The highest BCUT2D eigenvalue weighted by molar-refractivity contribution is 7.14. The summed E-state index contributed by atoms with van der Waals surface area (Å²) in [5, 5.41) is 5.31. The molecule has 148 valence electrons. The molecule has 0 radical (unpaired) electrons. The van der Waals surface area contributed by atoms with E-state index in [0.29, 0.717) is 4.88 Å². The van der Waals surface area contributed by atoms with E-state index >= 15 is 0 Å². The van der Waals surface area contributed by atoms with Crippen LogP contribution in [0.15, 0.2) is 24.3 Å². The summed E-state index contributed by atoms with van der Waals surface area (Å²) >= 11 is 1.44. The molecule has 2 aromatic rings. The Morgan fingerprint density at radius 2 is 1.89 bits per heavy atom. The Labute approximate surface area is 168 Å². The lowest BCUT2D eigenvalue weighted by Crippen LogP contribution is -2.40. The van der Waals surface area contributed by atoms with Crippen LogP contribution in [0.25, 0.3) is 0 Å². The third kappa shape index (κ3) is 4.59. The van der Waals surface area contributed by atoms with Crippen molar-refractivity contribution in [3.8, 4) is 0 Å². The topological polar surface area (TPSA) is 84.5 Å².